The number of amides is 1. The molecule has 6 heteroatoms. The predicted molar refractivity (Wildman–Crippen MR) is 101 cm³/mol. The number of carbonyl (C=O) groups excluding carboxylic acids is 1. The Kier molecular flexibility index (Phi) is 5.02. The molecule has 152 valence electrons. The third-order valence-corrected chi connectivity index (χ3v) is 6.69. The van der Waals surface area contributed by atoms with E-state index >= 15 is 0 Å². The van der Waals surface area contributed by atoms with Gasteiger partial charge in [-0.2, -0.15) is 0 Å². The minimum Gasteiger partial charge on any atom is -0.443 e. The first-order chi connectivity index (χ1) is 12.9. The van der Waals surface area contributed by atoms with Gasteiger partial charge in [0, 0.05) is 20.2 Å². The monoisotopic (exact) mass is 379 g/mol. The van der Waals surface area contributed by atoms with Crippen LogP contribution in [0, 0.1) is 11.8 Å². The zero-order valence-corrected chi connectivity index (χ0v) is 17.0. The summed E-state index contributed by atoms with van der Waals surface area (Å²) < 4.78 is 23.9. The van der Waals surface area contributed by atoms with Crippen molar-refractivity contribution in [3.05, 3.63) is 12.2 Å². The van der Waals surface area contributed by atoms with Gasteiger partial charge in [0.1, 0.15) is 29.5 Å². The van der Waals surface area contributed by atoms with Gasteiger partial charge in [-0.25, -0.2) is 4.79 Å². The van der Waals surface area contributed by atoms with Crippen molar-refractivity contribution < 1.29 is 23.7 Å². The third kappa shape index (κ3) is 3.52. The van der Waals surface area contributed by atoms with Gasteiger partial charge in [-0.3, -0.25) is 0 Å². The van der Waals surface area contributed by atoms with Crippen molar-refractivity contribution >= 4 is 6.09 Å². The zero-order valence-electron chi connectivity index (χ0n) is 17.0. The lowest BCUT2D eigenvalue weighted by atomic mass is 9.68. The second-order valence-corrected chi connectivity index (χ2v) is 9.04. The van der Waals surface area contributed by atoms with Crippen molar-refractivity contribution in [3.8, 4) is 0 Å². The van der Waals surface area contributed by atoms with Crippen LogP contribution in [0.4, 0.5) is 4.79 Å². The Balaban J connectivity index is 1.49. The zero-order chi connectivity index (χ0) is 19.2. The molecule has 4 fully saturated rings. The number of ether oxygens (including phenoxy) is 4. The highest BCUT2D eigenvalue weighted by Gasteiger charge is 2.72. The summed E-state index contributed by atoms with van der Waals surface area (Å²) in [6, 6.07) is 0. The summed E-state index contributed by atoms with van der Waals surface area (Å²) in [4.78, 5) is 14.3. The van der Waals surface area contributed by atoms with Crippen molar-refractivity contribution in [1.82, 2.24) is 4.90 Å². The normalized spacial score (nSPS) is 43.7. The molecule has 1 spiro atoms. The van der Waals surface area contributed by atoms with Crippen LogP contribution >= 0.6 is 0 Å². The molecule has 6 atom stereocenters. The van der Waals surface area contributed by atoms with E-state index in [-0.39, 0.29) is 41.5 Å². The number of hydrogen-bond acceptors (Lipinski definition) is 5. The molecule has 0 aromatic heterocycles. The molecule has 1 aliphatic carbocycles. The Morgan fingerprint density at radius 2 is 2.00 bits per heavy atom. The number of epoxide rings is 2. The lowest BCUT2D eigenvalue weighted by Gasteiger charge is -2.42. The van der Waals surface area contributed by atoms with Gasteiger partial charge < -0.3 is 23.8 Å². The Morgan fingerprint density at radius 3 is 2.59 bits per heavy atom. The highest BCUT2D eigenvalue weighted by atomic mass is 16.6. The summed E-state index contributed by atoms with van der Waals surface area (Å²) >= 11 is 0. The van der Waals surface area contributed by atoms with E-state index in [2.05, 4.69) is 32.9 Å². The largest absolute Gasteiger partial charge is 0.443 e. The number of nitrogens with zero attached hydrogens (tertiary/aromatic N) is 1. The maximum Gasteiger partial charge on any atom is 0.410 e. The first-order valence-corrected chi connectivity index (χ1v) is 10.4. The second-order valence-electron chi connectivity index (χ2n) is 9.04. The van der Waals surface area contributed by atoms with Gasteiger partial charge in [0.15, 0.2) is 0 Å². The molecule has 27 heavy (non-hydrogen) atoms. The van der Waals surface area contributed by atoms with Gasteiger partial charge in [0.2, 0.25) is 0 Å². The van der Waals surface area contributed by atoms with Crippen molar-refractivity contribution in [2.45, 2.75) is 76.0 Å². The van der Waals surface area contributed by atoms with Crippen molar-refractivity contribution in [3.63, 3.8) is 0 Å². The molecular formula is C21H33NO5. The van der Waals surface area contributed by atoms with E-state index in [9.17, 15) is 4.79 Å². The molecule has 3 saturated heterocycles. The smallest absolute Gasteiger partial charge is 0.410 e. The SMILES string of the molecule is CO[C@H]1C(C2(C)O[C@@H]2/C=C/C(C)C)[C@]2(CC[C@H]1OC(=O)N1CCCC1)CO2. The molecule has 0 bridgehead atoms. The van der Waals surface area contributed by atoms with Crippen LogP contribution in [0.15, 0.2) is 12.2 Å². The minimum atomic E-state index is -0.332. The first kappa shape index (κ1) is 19.2. The maximum atomic E-state index is 12.5. The van der Waals surface area contributed by atoms with Crippen LogP contribution in [0.25, 0.3) is 0 Å². The van der Waals surface area contributed by atoms with Gasteiger partial charge in [-0.15, -0.1) is 0 Å². The molecule has 6 nitrogen and oxygen atoms in total. The average molecular weight is 379 g/mol. The van der Waals surface area contributed by atoms with Crippen LogP contribution in [0.1, 0.15) is 46.5 Å². The quantitative estimate of drug-likeness (QED) is 0.542. The van der Waals surface area contributed by atoms with Gasteiger partial charge in [0.05, 0.1) is 12.5 Å². The molecule has 4 aliphatic rings. The van der Waals surface area contributed by atoms with E-state index in [0.29, 0.717) is 5.92 Å². The number of rotatable bonds is 5. The van der Waals surface area contributed by atoms with Gasteiger partial charge in [-0.1, -0.05) is 26.0 Å². The molecule has 3 aliphatic heterocycles. The van der Waals surface area contributed by atoms with E-state index in [1.807, 2.05) is 4.90 Å². The number of hydrogen-bond donors (Lipinski definition) is 0. The molecule has 0 aromatic carbocycles. The van der Waals surface area contributed by atoms with Crippen LogP contribution < -0.4 is 0 Å². The lowest BCUT2D eigenvalue weighted by Crippen LogP contribution is -2.56. The summed E-state index contributed by atoms with van der Waals surface area (Å²) in [5.41, 5.74) is -0.520. The van der Waals surface area contributed by atoms with Crippen molar-refractivity contribution in [2.75, 3.05) is 26.8 Å². The van der Waals surface area contributed by atoms with Gasteiger partial charge >= 0.3 is 6.09 Å². The maximum absolute atomic E-state index is 12.5. The predicted octanol–water partition coefficient (Wildman–Crippen LogP) is 3.15. The fourth-order valence-corrected chi connectivity index (χ4v) is 5.05. The lowest BCUT2D eigenvalue weighted by molar-refractivity contribution is -0.121. The first-order valence-electron chi connectivity index (χ1n) is 10.4. The Morgan fingerprint density at radius 1 is 1.30 bits per heavy atom. The second kappa shape index (κ2) is 7.05. The summed E-state index contributed by atoms with van der Waals surface area (Å²) in [6.07, 6.45) is 7.52. The van der Waals surface area contributed by atoms with E-state index in [0.717, 1.165) is 45.4 Å². The summed E-state index contributed by atoms with van der Waals surface area (Å²) in [7, 11) is 1.71. The van der Waals surface area contributed by atoms with E-state index in [1.54, 1.807) is 7.11 Å². The van der Waals surface area contributed by atoms with E-state index in [1.165, 1.54) is 0 Å². The topological polar surface area (TPSA) is 63.8 Å². The van der Waals surface area contributed by atoms with Gasteiger partial charge in [0.25, 0.3) is 0 Å². The average Bonchev–Trinajstić information content (AvgIpc) is 3.46. The van der Waals surface area contributed by atoms with Crippen molar-refractivity contribution in [2.24, 2.45) is 11.8 Å². The van der Waals surface area contributed by atoms with Crippen LogP contribution in [-0.2, 0) is 18.9 Å². The summed E-state index contributed by atoms with van der Waals surface area (Å²) in [6.45, 7) is 8.80. The van der Waals surface area contributed by atoms with Crippen LogP contribution in [-0.4, -0.2) is 67.3 Å². The van der Waals surface area contributed by atoms with Crippen LogP contribution in [0.3, 0.4) is 0 Å². The van der Waals surface area contributed by atoms with E-state index < -0.39 is 0 Å². The van der Waals surface area contributed by atoms with Crippen molar-refractivity contribution in [1.29, 1.82) is 0 Å². The minimum absolute atomic E-state index is 0.0574. The third-order valence-electron chi connectivity index (χ3n) is 6.69. The number of methoxy groups -OCH3 is 1. The standard InChI is InChI=1S/C21H33NO5/c1-14(2)7-8-16-20(3,27-16)18-17(24-4)15(9-10-21(18)13-25-21)26-19(23)22-11-5-6-12-22/h7-8,14-18H,5-6,9-13H2,1-4H3/b8-7+/t15-,16-,17-,18?,20?,21+/m1/s1. The van der Waals surface area contributed by atoms with Gasteiger partial charge in [-0.05, 0) is 38.5 Å². The number of allylic oxidation sites excluding steroid dienone is 1. The fraction of sp³-hybridized carbons (Fsp3) is 0.857. The van der Waals surface area contributed by atoms with Crippen LogP contribution in [0.2, 0.25) is 0 Å². The highest BCUT2D eigenvalue weighted by Crippen LogP contribution is 2.59. The molecule has 0 aromatic rings. The molecule has 0 radical (unpaired) electrons. The molecule has 1 amide bonds. The Bertz CT molecular complexity index is 595. The molecule has 4 rings (SSSR count). The Labute approximate surface area is 162 Å². The number of carbonyl (C=O) groups is 1. The number of likely N-dealkylation sites (tertiary alicyclic amines) is 1. The fourth-order valence-electron chi connectivity index (χ4n) is 5.05. The molecule has 1 saturated carbocycles. The Hall–Kier alpha value is -1.11. The van der Waals surface area contributed by atoms with Crippen LogP contribution in [0.5, 0.6) is 0 Å². The summed E-state index contributed by atoms with van der Waals surface area (Å²) in [5, 5.41) is 0. The molecule has 0 N–H and O–H groups in total. The molecule has 2 unspecified atom stereocenters. The highest BCUT2D eigenvalue weighted by molar-refractivity contribution is 5.68. The molecular weight excluding hydrogens is 346 g/mol. The van der Waals surface area contributed by atoms with E-state index in [4.69, 9.17) is 18.9 Å². The summed E-state index contributed by atoms with van der Waals surface area (Å²) in [5.74, 6) is 0.547. The molecule has 3 heterocycles.